The van der Waals surface area contributed by atoms with E-state index in [1.54, 1.807) is 24.3 Å². The summed E-state index contributed by atoms with van der Waals surface area (Å²) in [6, 6.07) is 5.90. The lowest BCUT2D eigenvalue weighted by Crippen LogP contribution is -2.51. The van der Waals surface area contributed by atoms with Gasteiger partial charge in [0.25, 0.3) is 0 Å². The van der Waals surface area contributed by atoms with Crippen molar-refractivity contribution in [3.8, 4) is 0 Å². The Kier molecular flexibility index (Phi) is 10.9. The fraction of sp³-hybridized carbons (Fsp3) is 0.500. The summed E-state index contributed by atoms with van der Waals surface area (Å²) < 4.78 is 28.9. The van der Waals surface area contributed by atoms with Crippen LogP contribution < -0.4 is 5.32 Å². The molecule has 48 heavy (non-hydrogen) atoms. The summed E-state index contributed by atoms with van der Waals surface area (Å²) in [5.41, 5.74) is 1.31. The Morgan fingerprint density at radius 3 is 2.00 bits per heavy atom. The van der Waals surface area contributed by atoms with Gasteiger partial charge in [-0.3, -0.25) is 33.3 Å². The molecule has 0 amide bonds. The smallest absolute Gasteiger partial charge is 0.303 e. The lowest BCUT2D eigenvalue weighted by molar-refractivity contribution is -0.204. The number of esters is 5. The second-order valence-corrected chi connectivity index (χ2v) is 12.7. The molecule has 2 aliphatic rings. The molecule has 258 valence electrons. The summed E-state index contributed by atoms with van der Waals surface area (Å²) in [6.45, 7) is 8.72. The number of halogens is 1. The van der Waals surface area contributed by atoms with Crippen molar-refractivity contribution in [2.24, 2.45) is 5.41 Å². The second kappa shape index (κ2) is 14.5. The molecule has 16 heteroatoms. The van der Waals surface area contributed by atoms with E-state index in [4.69, 9.17) is 35.3 Å². The van der Waals surface area contributed by atoms with Crippen LogP contribution in [0.5, 0.6) is 0 Å². The second-order valence-electron chi connectivity index (χ2n) is 12.3. The highest BCUT2D eigenvalue weighted by Gasteiger charge is 2.49. The highest BCUT2D eigenvalue weighted by Crippen LogP contribution is 2.47. The molecule has 15 nitrogen and oxygen atoms in total. The molecule has 1 unspecified atom stereocenters. The topological polar surface area (TPSA) is 191 Å². The minimum absolute atomic E-state index is 0.116. The number of ether oxygens (including phenoxy) is 5. The Morgan fingerprint density at radius 1 is 0.854 bits per heavy atom. The van der Waals surface area contributed by atoms with E-state index in [9.17, 15) is 28.8 Å². The first-order valence-corrected chi connectivity index (χ1v) is 15.4. The molecule has 1 N–H and O–H groups in total. The van der Waals surface area contributed by atoms with Crippen molar-refractivity contribution in [2.75, 3.05) is 11.9 Å². The van der Waals surface area contributed by atoms with Crippen molar-refractivity contribution < 1.29 is 52.5 Å². The van der Waals surface area contributed by atoms with Gasteiger partial charge in [-0.1, -0.05) is 37.6 Å². The van der Waals surface area contributed by atoms with E-state index in [2.05, 4.69) is 15.5 Å². The fourth-order valence-electron chi connectivity index (χ4n) is 5.92. The summed E-state index contributed by atoms with van der Waals surface area (Å²) in [7, 11) is 0. The van der Waals surface area contributed by atoms with Gasteiger partial charge in [-0.15, -0.1) is 10.2 Å². The maximum Gasteiger partial charge on any atom is 0.303 e. The predicted octanol–water partition coefficient (Wildman–Crippen LogP) is 3.55. The fourth-order valence-corrected chi connectivity index (χ4v) is 6.04. The maximum atomic E-state index is 13.8. The molecule has 2 aromatic rings. The number of rotatable bonds is 11. The Balaban J connectivity index is 1.97. The monoisotopic (exact) mass is 688 g/mol. The molecule has 5 atom stereocenters. The lowest BCUT2D eigenvalue weighted by Gasteiger charge is -2.40. The Labute approximate surface area is 281 Å². The zero-order valence-corrected chi connectivity index (χ0v) is 28.3. The average molecular weight is 689 g/mol. The molecule has 0 saturated heterocycles. The standard InChI is InChI=1S/C32H37ClN4O11/c1-15(38)44-14-24(45-16(2)39)27(46-17(3)40)28(47-18(4)41)29(48-19(5)42)30-35-36-31-34-22-12-32(6,7)13-23(43)25(22)26(37(30)31)20-8-10-21(33)11-9-20/h8-11,24,26-29H,12-14H2,1-7H3,(H,34,36)/t24-,26?,27-,28+,29-/m1/s1. The number of fused-ring (bicyclic) bond motifs is 1. The van der Waals surface area contributed by atoms with Crippen LogP contribution in [0.3, 0.4) is 0 Å². The first-order chi connectivity index (χ1) is 22.5. The van der Waals surface area contributed by atoms with Gasteiger partial charge in [0.05, 0.1) is 6.04 Å². The van der Waals surface area contributed by atoms with Crippen LogP contribution in [0.2, 0.25) is 5.02 Å². The zero-order valence-electron chi connectivity index (χ0n) is 27.5. The molecule has 1 aromatic heterocycles. The molecule has 0 spiro atoms. The van der Waals surface area contributed by atoms with Crippen LogP contribution in [0, 0.1) is 5.41 Å². The van der Waals surface area contributed by atoms with Crippen molar-refractivity contribution in [1.29, 1.82) is 0 Å². The number of hydrogen-bond donors (Lipinski definition) is 1. The Hall–Kier alpha value is -4.79. The van der Waals surface area contributed by atoms with Crippen molar-refractivity contribution in [3.05, 3.63) is 51.9 Å². The summed E-state index contributed by atoms with van der Waals surface area (Å²) in [4.78, 5) is 75.4. The molecule has 0 saturated carbocycles. The maximum absolute atomic E-state index is 13.8. The van der Waals surface area contributed by atoms with E-state index in [1.807, 2.05) is 13.8 Å². The number of aromatic nitrogens is 3. The van der Waals surface area contributed by atoms with Gasteiger partial charge in [0.1, 0.15) is 6.61 Å². The molecule has 0 bridgehead atoms. The van der Waals surface area contributed by atoms with Gasteiger partial charge in [-0.25, -0.2) is 0 Å². The molecule has 2 heterocycles. The number of Topliss-reactive ketones (excluding diaryl/α,β-unsaturated/α-hetero) is 1. The van der Waals surface area contributed by atoms with E-state index >= 15 is 0 Å². The van der Waals surface area contributed by atoms with Crippen LogP contribution in [0.15, 0.2) is 35.5 Å². The molecule has 1 aromatic carbocycles. The number of benzene rings is 1. The normalized spacial score (nSPS) is 18.9. The molecule has 1 aliphatic carbocycles. The van der Waals surface area contributed by atoms with Crippen LogP contribution in [0.25, 0.3) is 0 Å². The number of ketones is 1. The van der Waals surface area contributed by atoms with Gasteiger partial charge in [-0.05, 0) is 29.5 Å². The van der Waals surface area contributed by atoms with Gasteiger partial charge >= 0.3 is 29.8 Å². The quantitative estimate of drug-likeness (QED) is 0.266. The van der Waals surface area contributed by atoms with E-state index in [1.165, 1.54) is 4.57 Å². The third-order valence-electron chi connectivity index (χ3n) is 7.53. The van der Waals surface area contributed by atoms with Crippen molar-refractivity contribution in [1.82, 2.24) is 14.8 Å². The van der Waals surface area contributed by atoms with E-state index in [0.29, 0.717) is 28.3 Å². The third-order valence-corrected chi connectivity index (χ3v) is 7.78. The first kappa shape index (κ1) is 36.1. The van der Waals surface area contributed by atoms with E-state index in [0.717, 1.165) is 34.6 Å². The highest BCUT2D eigenvalue weighted by molar-refractivity contribution is 6.30. The van der Waals surface area contributed by atoms with Gasteiger partial charge in [-0.2, -0.15) is 0 Å². The van der Waals surface area contributed by atoms with Crippen LogP contribution in [-0.2, 0) is 52.5 Å². The summed E-state index contributed by atoms with van der Waals surface area (Å²) in [5.74, 6) is -4.34. The van der Waals surface area contributed by atoms with E-state index < -0.39 is 66.9 Å². The van der Waals surface area contributed by atoms with Crippen molar-refractivity contribution >= 4 is 53.2 Å². The minimum Gasteiger partial charge on any atom is -0.462 e. The number of allylic oxidation sites excluding steroid dienone is 2. The van der Waals surface area contributed by atoms with Crippen LogP contribution in [0.4, 0.5) is 5.95 Å². The molecule has 0 fully saturated rings. The number of hydrogen-bond acceptors (Lipinski definition) is 14. The largest absolute Gasteiger partial charge is 0.462 e. The molecular formula is C32H37ClN4O11. The minimum atomic E-state index is -1.74. The number of nitrogens with one attached hydrogen (secondary N) is 1. The summed E-state index contributed by atoms with van der Waals surface area (Å²) in [6.07, 6.45) is -5.92. The van der Waals surface area contributed by atoms with Gasteiger partial charge < -0.3 is 29.0 Å². The average Bonchev–Trinajstić information content (AvgIpc) is 3.37. The van der Waals surface area contributed by atoms with E-state index in [-0.39, 0.29) is 29.4 Å². The van der Waals surface area contributed by atoms with Crippen molar-refractivity contribution in [2.45, 2.75) is 91.8 Å². The molecular weight excluding hydrogens is 652 g/mol. The van der Waals surface area contributed by atoms with Gasteiger partial charge in [0, 0.05) is 57.3 Å². The first-order valence-electron chi connectivity index (χ1n) is 15.0. The van der Waals surface area contributed by atoms with Crippen LogP contribution in [-0.4, -0.2) is 75.3 Å². The van der Waals surface area contributed by atoms with Crippen molar-refractivity contribution in [3.63, 3.8) is 0 Å². The number of carbonyl (C=O) groups excluding carboxylic acids is 6. The summed E-state index contributed by atoms with van der Waals surface area (Å²) >= 11 is 6.21. The zero-order chi connectivity index (χ0) is 35.5. The number of anilines is 1. The van der Waals surface area contributed by atoms with Gasteiger partial charge in [0.2, 0.25) is 12.1 Å². The number of nitrogens with zero attached hydrogens (tertiary/aromatic N) is 3. The van der Waals surface area contributed by atoms with Crippen LogP contribution in [0.1, 0.15) is 84.8 Å². The lowest BCUT2D eigenvalue weighted by atomic mass is 9.73. The van der Waals surface area contributed by atoms with Crippen LogP contribution >= 0.6 is 11.6 Å². The number of carbonyl (C=O) groups is 6. The molecule has 1 aliphatic heterocycles. The molecule has 4 rings (SSSR count). The summed E-state index contributed by atoms with van der Waals surface area (Å²) in [5, 5.41) is 12.3. The molecule has 0 radical (unpaired) electrons. The Bertz CT molecular complexity index is 1650. The SMILES string of the molecule is CC(=O)OC[C@@H](OC(C)=O)[C@@H](OC(C)=O)[C@H](OC(C)=O)[C@@H](OC(C)=O)c1nnc2n1C(c1ccc(Cl)cc1)C1=C(CC(C)(C)CC1=O)N2. The third kappa shape index (κ3) is 8.37. The van der Waals surface area contributed by atoms with Gasteiger partial charge in [0.15, 0.2) is 29.9 Å². The highest BCUT2D eigenvalue weighted by atomic mass is 35.5. The predicted molar refractivity (Wildman–Crippen MR) is 166 cm³/mol. The Morgan fingerprint density at radius 2 is 1.44 bits per heavy atom.